The lowest BCUT2D eigenvalue weighted by molar-refractivity contribution is 0.681. The Morgan fingerprint density at radius 3 is 2.33 bits per heavy atom. The number of rotatable bonds is 3. The Hall–Kier alpha value is -0.660. The quantitative estimate of drug-likeness (QED) is 0.615. The average molecular weight is 166 g/mol. The zero-order chi connectivity index (χ0) is 9.14. The van der Waals surface area contributed by atoms with E-state index < -0.39 is 0 Å². The Bertz CT molecular complexity index is 212. The van der Waals surface area contributed by atoms with Crippen LogP contribution >= 0.6 is 0 Å². The fourth-order valence-corrected chi connectivity index (χ4v) is 1.20. The van der Waals surface area contributed by atoms with Crippen molar-refractivity contribution < 1.29 is 0 Å². The molecule has 0 amide bonds. The van der Waals surface area contributed by atoms with Crippen LogP contribution in [0.2, 0.25) is 0 Å². The molecule has 0 N–H and O–H groups in total. The van der Waals surface area contributed by atoms with Crippen LogP contribution in [0, 0.1) is 11.8 Å². The summed E-state index contributed by atoms with van der Waals surface area (Å²) in [4.78, 5) is 8.89. The normalized spacial score (nSPS) is 17.2. The smallest absolute Gasteiger partial charge is 0.123 e. The largest absolute Gasteiger partial charge is 0.264 e. The van der Waals surface area contributed by atoms with E-state index in [9.17, 15) is 0 Å². The SMILES string of the molecule is CC(C)CC1=NCC(C(C)C)=N1. The van der Waals surface area contributed by atoms with Gasteiger partial charge >= 0.3 is 0 Å². The molecular weight excluding hydrogens is 148 g/mol. The summed E-state index contributed by atoms with van der Waals surface area (Å²) < 4.78 is 0. The minimum Gasteiger partial charge on any atom is -0.264 e. The molecule has 2 heteroatoms. The molecule has 68 valence electrons. The van der Waals surface area contributed by atoms with Crippen LogP contribution in [0.25, 0.3) is 0 Å². The van der Waals surface area contributed by atoms with Gasteiger partial charge in [-0.15, -0.1) is 0 Å². The summed E-state index contributed by atoms with van der Waals surface area (Å²) in [6.07, 6.45) is 1.02. The molecule has 0 bridgehead atoms. The van der Waals surface area contributed by atoms with E-state index in [1.165, 1.54) is 5.71 Å². The number of nitrogens with zero attached hydrogens (tertiary/aromatic N) is 2. The second-order valence-corrected chi connectivity index (χ2v) is 4.09. The molecule has 0 fully saturated rings. The molecule has 0 aromatic carbocycles. The first-order valence-electron chi connectivity index (χ1n) is 4.70. The summed E-state index contributed by atoms with van der Waals surface area (Å²) >= 11 is 0. The van der Waals surface area contributed by atoms with Crippen LogP contribution in [0.3, 0.4) is 0 Å². The van der Waals surface area contributed by atoms with E-state index in [2.05, 4.69) is 37.7 Å². The van der Waals surface area contributed by atoms with Crippen LogP contribution in [-0.2, 0) is 0 Å². The Labute approximate surface area is 74.8 Å². The van der Waals surface area contributed by atoms with E-state index >= 15 is 0 Å². The van der Waals surface area contributed by atoms with Gasteiger partial charge in [-0.1, -0.05) is 27.7 Å². The highest BCUT2D eigenvalue weighted by molar-refractivity contribution is 6.04. The van der Waals surface area contributed by atoms with Gasteiger partial charge in [-0.2, -0.15) is 0 Å². The van der Waals surface area contributed by atoms with Crippen LogP contribution < -0.4 is 0 Å². The maximum Gasteiger partial charge on any atom is 0.123 e. The summed E-state index contributed by atoms with van der Waals surface area (Å²) in [7, 11) is 0. The van der Waals surface area contributed by atoms with Gasteiger partial charge in [0.05, 0.1) is 6.54 Å². The van der Waals surface area contributed by atoms with Crippen molar-refractivity contribution >= 4 is 11.5 Å². The lowest BCUT2D eigenvalue weighted by atomic mass is 10.1. The molecule has 2 nitrogen and oxygen atoms in total. The van der Waals surface area contributed by atoms with Gasteiger partial charge in [-0.05, 0) is 11.8 Å². The van der Waals surface area contributed by atoms with Gasteiger partial charge in [0.15, 0.2) is 0 Å². The fourth-order valence-electron chi connectivity index (χ4n) is 1.20. The fraction of sp³-hybridized carbons (Fsp3) is 0.800. The van der Waals surface area contributed by atoms with Crippen LogP contribution in [-0.4, -0.2) is 18.1 Å². The summed E-state index contributed by atoms with van der Waals surface area (Å²) in [6.45, 7) is 9.58. The van der Waals surface area contributed by atoms with Crippen molar-refractivity contribution in [2.24, 2.45) is 21.8 Å². The molecule has 1 heterocycles. The molecule has 1 aliphatic heterocycles. The number of hydrogen-bond acceptors (Lipinski definition) is 2. The van der Waals surface area contributed by atoms with Crippen molar-refractivity contribution in [2.45, 2.75) is 34.1 Å². The number of hydrogen-bond donors (Lipinski definition) is 0. The monoisotopic (exact) mass is 166 g/mol. The molecule has 0 spiro atoms. The van der Waals surface area contributed by atoms with Crippen molar-refractivity contribution in [1.29, 1.82) is 0 Å². The van der Waals surface area contributed by atoms with Gasteiger partial charge in [0.1, 0.15) is 5.84 Å². The molecule has 0 saturated carbocycles. The average Bonchev–Trinajstić information content (AvgIpc) is 2.34. The Morgan fingerprint density at radius 2 is 1.92 bits per heavy atom. The van der Waals surface area contributed by atoms with Crippen molar-refractivity contribution in [1.82, 2.24) is 0 Å². The predicted molar refractivity (Wildman–Crippen MR) is 54.0 cm³/mol. The number of amidine groups is 1. The van der Waals surface area contributed by atoms with Crippen LogP contribution in [0.1, 0.15) is 34.1 Å². The molecule has 0 radical (unpaired) electrons. The third kappa shape index (κ3) is 2.43. The van der Waals surface area contributed by atoms with Gasteiger partial charge in [-0.3, -0.25) is 4.99 Å². The third-order valence-electron chi connectivity index (χ3n) is 1.95. The summed E-state index contributed by atoms with van der Waals surface area (Å²) in [5.74, 6) is 2.27. The zero-order valence-corrected chi connectivity index (χ0v) is 8.46. The lowest BCUT2D eigenvalue weighted by Gasteiger charge is -2.02. The van der Waals surface area contributed by atoms with Crippen molar-refractivity contribution in [2.75, 3.05) is 6.54 Å². The third-order valence-corrected chi connectivity index (χ3v) is 1.95. The maximum absolute atomic E-state index is 4.49. The van der Waals surface area contributed by atoms with E-state index in [0.717, 1.165) is 18.8 Å². The zero-order valence-electron chi connectivity index (χ0n) is 8.46. The first-order chi connectivity index (χ1) is 5.59. The minimum atomic E-state index is 0.554. The molecule has 1 rings (SSSR count). The predicted octanol–water partition coefficient (Wildman–Crippen LogP) is 2.54. The molecule has 0 unspecified atom stereocenters. The van der Waals surface area contributed by atoms with Gasteiger partial charge in [0.25, 0.3) is 0 Å². The van der Waals surface area contributed by atoms with Crippen LogP contribution in [0.4, 0.5) is 0 Å². The van der Waals surface area contributed by atoms with Crippen molar-refractivity contribution in [3.63, 3.8) is 0 Å². The Kier molecular flexibility index (Phi) is 3.01. The highest BCUT2D eigenvalue weighted by Crippen LogP contribution is 2.11. The van der Waals surface area contributed by atoms with Crippen molar-refractivity contribution in [3.8, 4) is 0 Å². The lowest BCUT2D eigenvalue weighted by Crippen LogP contribution is -2.08. The first kappa shape index (κ1) is 9.43. The topological polar surface area (TPSA) is 24.7 Å². The molecule has 0 atom stereocenters. The number of aliphatic imine (C=N–C) groups is 2. The van der Waals surface area contributed by atoms with Gasteiger partial charge < -0.3 is 0 Å². The second-order valence-electron chi connectivity index (χ2n) is 4.09. The summed E-state index contributed by atoms with van der Waals surface area (Å²) in [6, 6.07) is 0. The van der Waals surface area contributed by atoms with Crippen LogP contribution in [0.5, 0.6) is 0 Å². The van der Waals surface area contributed by atoms with Crippen LogP contribution in [0.15, 0.2) is 9.98 Å². The molecule has 0 saturated heterocycles. The molecule has 12 heavy (non-hydrogen) atoms. The molecule has 0 aliphatic carbocycles. The maximum atomic E-state index is 4.49. The van der Waals surface area contributed by atoms with E-state index in [1.54, 1.807) is 0 Å². The highest BCUT2D eigenvalue weighted by Gasteiger charge is 2.13. The second kappa shape index (κ2) is 3.83. The highest BCUT2D eigenvalue weighted by atomic mass is 15.0. The van der Waals surface area contributed by atoms with Crippen molar-refractivity contribution in [3.05, 3.63) is 0 Å². The van der Waals surface area contributed by atoms with E-state index in [1.807, 2.05) is 0 Å². The van der Waals surface area contributed by atoms with Gasteiger partial charge in [0.2, 0.25) is 0 Å². The summed E-state index contributed by atoms with van der Waals surface area (Å²) in [5.41, 5.74) is 1.24. The minimum absolute atomic E-state index is 0.554. The standard InChI is InChI=1S/C10H18N2/c1-7(2)5-10-11-6-9(12-10)8(3)4/h7-8H,5-6H2,1-4H3. The van der Waals surface area contributed by atoms with E-state index in [-0.39, 0.29) is 0 Å². The molecule has 0 aromatic heterocycles. The first-order valence-corrected chi connectivity index (χ1v) is 4.70. The van der Waals surface area contributed by atoms with E-state index in [4.69, 9.17) is 0 Å². The molecule has 0 aromatic rings. The van der Waals surface area contributed by atoms with Gasteiger partial charge in [0, 0.05) is 12.1 Å². The van der Waals surface area contributed by atoms with E-state index in [0.29, 0.717) is 11.8 Å². The van der Waals surface area contributed by atoms with Gasteiger partial charge in [-0.25, -0.2) is 4.99 Å². The molecule has 1 aliphatic rings. The molecular formula is C10H18N2. The Morgan fingerprint density at radius 1 is 1.25 bits per heavy atom. The summed E-state index contributed by atoms with van der Waals surface area (Å²) in [5, 5.41) is 0. The Balaban J connectivity index is 2.50.